The minimum Gasteiger partial charge on any atom is -0.306 e. The summed E-state index contributed by atoms with van der Waals surface area (Å²) in [5, 5.41) is 6.47. The Kier molecular flexibility index (Phi) is 1.63. The predicted octanol–water partition coefficient (Wildman–Crippen LogP) is 0.0942. The van der Waals surface area contributed by atoms with E-state index in [2.05, 4.69) is 24.3 Å². The third-order valence-electron chi connectivity index (χ3n) is 2.71. The van der Waals surface area contributed by atoms with Crippen molar-refractivity contribution in [3.8, 4) is 0 Å². The summed E-state index contributed by atoms with van der Waals surface area (Å²) >= 11 is 0. The van der Waals surface area contributed by atoms with E-state index in [1.165, 1.54) is 0 Å². The van der Waals surface area contributed by atoms with Gasteiger partial charge in [0.25, 0.3) is 5.56 Å². The largest absolute Gasteiger partial charge is 0.306 e. The second kappa shape index (κ2) is 2.48. The van der Waals surface area contributed by atoms with Crippen LogP contribution in [-0.2, 0) is 19.0 Å². The molecule has 0 radical (unpaired) electrons. The summed E-state index contributed by atoms with van der Waals surface area (Å²) in [5.74, 6) is 0. The van der Waals surface area contributed by atoms with E-state index >= 15 is 0 Å². The predicted molar refractivity (Wildman–Crippen MR) is 50.8 cm³/mol. The molecule has 1 aliphatic rings. The van der Waals surface area contributed by atoms with E-state index in [0.717, 1.165) is 24.2 Å². The molecule has 0 aliphatic carbocycles. The van der Waals surface area contributed by atoms with Crippen LogP contribution < -0.4 is 10.9 Å². The zero-order valence-corrected chi connectivity index (χ0v) is 8.27. The topological polar surface area (TPSA) is 49.8 Å². The van der Waals surface area contributed by atoms with Crippen molar-refractivity contribution in [2.45, 2.75) is 25.8 Å². The van der Waals surface area contributed by atoms with E-state index in [-0.39, 0.29) is 11.1 Å². The van der Waals surface area contributed by atoms with Crippen molar-refractivity contribution in [2.75, 3.05) is 6.54 Å². The van der Waals surface area contributed by atoms with Crippen molar-refractivity contribution in [2.24, 2.45) is 7.05 Å². The number of hydrogen-bond acceptors (Lipinski definition) is 2. The van der Waals surface area contributed by atoms with Crippen molar-refractivity contribution in [3.63, 3.8) is 0 Å². The summed E-state index contributed by atoms with van der Waals surface area (Å²) < 4.78 is 1.55. The molecule has 0 aromatic carbocycles. The summed E-state index contributed by atoms with van der Waals surface area (Å²) in [7, 11) is 1.76. The fourth-order valence-corrected chi connectivity index (χ4v) is 1.93. The van der Waals surface area contributed by atoms with Crippen LogP contribution in [0.3, 0.4) is 0 Å². The maximum atomic E-state index is 11.6. The molecule has 4 nitrogen and oxygen atoms in total. The van der Waals surface area contributed by atoms with Crippen molar-refractivity contribution < 1.29 is 0 Å². The van der Waals surface area contributed by atoms with Crippen LogP contribution in [0.15, 0.2) is 4.79 Å². The SMILES string of the molecule is Cn1[nH]c2c(c1=O)CCNC2(C)C. The number of hydrogen-bond donors (Lipinski definition) is 2. The van der Waals surface area contributed by atoms with Gasteiger partial charge in [-0.25, -0.2) is 0 Å². The first-order valence-corrected chi connectivity index (χ1v) is 4.56. The first-order valence-electron chi connectivity index (χ1n) is 4.56. The second-order valence-corrected chi connectivity index (χ2v) is 4.13. The maximum Gasteiger partial charge on any atom is 0.269 e. The van der Waals surface area contributed by atoms with Gasteiger partial charge in [-0.3, -0.25) is 14.6 Å². The van der Waals surface area contributed by atoms with Gasteiger partial charge in [-0.2, -0.15) is 0 Å². The molecule has 2 rings (SSSR count). The zero-order valence-electron chi connectivity index (χ0n) is 8.27. The Morgan fingerprint density at radius 2 is 2.15 bits per heavy atom. The fourth-order valence-electron chi connectivity index (χ4n) is 1.93. The standard InChI is InChI=1S/C9H15N3O/c1-9(2)7-6(4-5-10-9)8(13)12(3)11-7/h10-11H,4-5H2,1-3H3. The number of fused-ring (bicyclic) bond motifs is 1. The first-order chi connectivity index (χ1) is 6.02. The lowest BCUT2D eigenvalue weighted by Crippen LogP contribution is -2.43. The van der Waals surface area contributed by atoms with E-state index in [1.54, 1.807) is 11.7 Å². The molecule has 0 amide bonds. The van der Waals surface area contributed by atoms with Gasteiger partial charge in [0.05, 0.1) is 11.2 Å². The molecule has 4 heteroatoms. The van der Waals surface area contributed by atoms with Gasteiger partial charge < -0.3 is 5.32 Å². The molecule has 0 bridgehead atoms. The highest BCUT2D eigenvalue weighted by Crippen LogP contribution is 2.23. The Morgan fingerprint density at radius 1 is 1.46 bits per heavy atom. The molecule has 0 saturated heterocycles. The van der Waals surface area contributed by atoms with Crippen LogP contribution in [0.1, 0.15) is 25.1 Å². The fraction of sp³-hybridized carbons (Fsp3) is 0.667. The van der Waals surface area contributed by atoms with E-state index in [0.29, 0.717) is 0 Å². The maximum absolute atomic E-state index is 11.6. The van der Waals surface area contributed by atoms with Crippen molar-refractivity contribution in [1.29, 1.82) is 0 Å². The van der Waals surface area contributed by atoms with Crippen molar-refractivity contribution in [3.05, 3.63) is 21.6 Å². The summed E-state index contributed by atoms with van der Waals surface area (Å²) in [6, 6.07) is 0. The number of aromatic nitrogens is 2. The zero-order chi connectivity index (χ0) is 9.64. The van der Waals surface area contributed by atoms with Gasteiger partial charge in [-0.1, -0.05) is 0 Å². The lowest BCUT2D eigenvalue weighted by atomic mass is 9.92. The van der Waals surface area contributed by atoms with Crippen LogP contribution in [0.4, 0.5) is 0 Å². The molecule has 0 unspecified atom stereocenters. The Morgan fingerprint density at radius 3 is 2.77 bits per heavy atom. The van der Waals surface area contributed by atoms with E-state index in [9.17, 15) is 4.79 Å². The van der Waals surface area contributed by atoms with Gasteiger partial charge in [0, 0.05) is 19.2 Å². The van der Waals surface area contributed by atoms with Crippen LogP contribution in [0.2, 0.25) is 0 Å². The van der Waals surface area contributed by atoms with Crippen molar-refractivity contribution in [1.82, 2.24) is 15.1 Å². The van der Waals surface area contributed by atoms with Gasteiger partial charge >= 0.3 is 0 Å². The monoisotopic (exact) mass is 181 g/mol. The van der Waals surface area contributed by atoms with E-state index in [1.807, 2.05) is 0 Å². The number of nitrogens with zero attached hydrogens (tertiary/aromatic N) is 1. The number of aromatic amines is 1. The summed E-state index contributed by atoms with van der Waals surface area (Å²) in [6.45, 7) is 5.05. The summed E-state index contributed by atoms with van der Waals surface area (Å²) in [6.07, 6.45) is 0.828. The van der Waals surface area contributed by atoms with E-state index < -0.39 is 0 Å². The number of nitrogens with one attached hydrogen (secondary N) is 2. The molecule has 1 aromatic rings. The molecule has 0 atom stereocenters. The van der Waals surface area contributed by atoms with Crippen LogP contribution in [0.5, 0.6) is 0 Å². The molecular formula is C9H15N3O. The Bertz CT molecular complexity index is 386. The van der Waals surface area contributed by atoms with Crippen LogP contribution in [0, 0.1) is 0 Å². The summed E-state index contributed by atoms with van der Waals surface area (Å²) in [4.78, 5) is 11.6. The third kappa shape index (κ3) is 1.13. The molecule has 0 fully saturated rings. The lowest BCUT2D eigenvalue weighted by Gasteiger charge is -2.30. The smallest absolute Gasteiger partial charge is 0.269 e. The molecule has 1 aliphatic heterocycles. The Hall–Kier alpha value is -1.03. The van der Waals surface area contributed by atoms with Crippen LogP contribution >= 0.6 is 0 Å². The van der Waals surface area contributed by atoms with E-state index in [4.69, 9.17) is 0 Å². The number of H-pyrrole nitrogens is 1. The minimum atomic E-state index is -0.103. The molecule has 2 N–H and O–H groups in total. The van der Waals surface area contributed by atoms with Gasteiger partial charge in [0.1, 0.15) is 0 Å². The van der Waals surface area contributed by atoms with Crippen LogP contribution in [0.25, 0.3) is 0 Å². The average Bonchev–Trinajstić information content (AvgIpc) is 2.32. The second-order valence-electron chi connectivity index (χ2n) is 4.13. The normalized spacial score (nSPS) is 19.9. The quantitative estimate of drug-likeness (QED) is 0.596. The highest BCUT2D eigenvalue weighted by atomic mass is 16.1. The molecule has 1 aromatic heterocycles. The molecule has 0 spiro atoms. The highest BCUT2D eigenvalue weighted by Gasteiger charge is 2.30. The molecule has 0 saturated carbocycles. The number of rotatable bonds is 0. The highest BCUT2D eigenvalue weighted by molar-refractivity contribution is 5.27. The molecular weight excluding hydrogens is 166 g/mol. The van der Waals surface area contributed by atoms with Gasteiger partial charge in [-0.15, -0.1) is 0 Å². The Labute approximate surface area is 76.9 Å². The van der Waals surface area contributed by atoms with Crippen LogP contribution in [-0.4, -0.2) is 16.3 Å². The lowest BCUT2D eigenvalue weighted by molar-refractivity contribution is 0.369. The molecule has 2 heterocycles. The van der Waals surface area contributed by atoms with Crippen molar-refractivity contribution >= 4 is 0 Å². The van der Waals surface area contributed by atoms with Gasteiger partial charge in [0.2, 0.25) is 0 Å². The third-order valence-corrected chi connectivity index (χ3v) is 2.71. The minimum absolute atomic E-state index is 0.103. The summed E-state index contributed by atoms with van der Waals surface area (Å²) in [5.41, 5.74) is 1.98. The number of aryl methyl sites for hydroxylation is 1. The van der Waals surface area contributed by atoms with Gasteiger partial charge in [-0.05, 0) is 20.3 Å². The first kappa shape index (κ1) is 8.56. The Balaban J connectivity index is 2.66. The molecule has 13 heavy (non-hydrogen) atoms. The molecule has 72 valence electrons. The average molecular weight is 181 g/mol. The van der Waals surface area contributed by atoms with Gasteiger partial charge in [0.15, 0.2) is 0 Å².